The van der Waals surface area contributed by atoms with Crippen molar-refractivity contribution in [1.29, 1.82) is 0 Å². The van der Waals surface area contributed by atoms with Crippen molar-refractivity contribution in [3.8, 4) is 0 Å². The lowest BCUT2D eigenvalue weighted by atomic mass is 10.1. The molecule has 0 fully saturated rings. The zero-order valence-corrected chi connectivity index (χ0v) is 13.2. The van der Waals surface area contributed by atoms with Crippen LogP contribution in [0.2, 0.25) is 5.02 Å². The number of fused-ring (bicyclic) bond motifs is 1. The Morgan fingerprint density at radius 2 is 2.20 bits per heavy atom. The largest absolute Gasteiger partial charge is 0.337 e. The highest BCUT2D eigenvalue weighted by molar-refractivity contribution is 8.00. The average Bonchev–Trinajstić information content (AvgIpc) is 2.93. The van der Waals surface area contributed by atoms with Crippen molar-refractivity contribution < 1.29 is 4.79 Å². The summed E-state index contributed by atoms with van der Waals surface area (Å²) in [5, 5.41) is 2.82. The smallest absolute Gasteiger partial charge is 0.233 e. The van der Waals surface area contributed by atoms with E-state index in [9.17, 15) is 4.79 Å². The minimum Gasteiger partial charge on any atom is -0.337 e. The van der Waals surface area contributed by atoms with Crippen molar-refractivity contribution in [1.82, 2.24) is 4.90 Å². The zero-order valence-electron chi connectivity index (χ0n) is 10.8. The molecule has 0 N–H and O–H groups in total. The minimum absolute atomic E-state index is 0.187. The lowest BCUT2D eigenvalue weighted by Crippen LogP contribution is -2.36. The first-order valence-electron chi connectivity index (χ1n) is 6.44. The molecule has 1 aromatic heterocycles. The van der Waals surface area contributed by atoms with Crippen molar-refractivity contribution in [3.05, 3.63) is 51.2 Å². The molecule has 2 heterocycles. The van der Waals surface area contributed by atoms with Gasteiger partial charge in [-0.25, -0.2) is 0 Å². The zero-order chi connectivity index (χ0) is 13.9. The highest BCUT2D eigenvalue weighted by Gasteiger charge is 2.21. The van der Waals surface area contributed by atoms with Gasteiger partial charge in [-0.05, 0) is 35.6 Å². The number of thioether (sulfide) groups is 1. The van der Waals surface area contributed by atoms with Crippen LogP contribution in [-0.2, 0) is 17.8 Å². The molecule has 1 aliphatic rings. The van der Waals surface area contributed by atoms with Crippen LogP contribution in [0.5, 0.6) is 0 Å². The predicted molar refractivity (Wildman–Crippen MR) is 85.6 cm³/mol. The van der Waals surface area contributed by atoms with Gasteiger partial charge < -0.3 is 4.90 Å². The number of nitrogens with zero attached hydrogens (tertiary/aromatic N) is 1. The Morgan fingerprint density at radius 3 is 3.05 bits per heavy atom. The van der Waals surface area contributed by atoms with Crippen LogP contribution < -0.4 is 0 Å². The van der Waals surface area contributed by atoms with E-state index in [1.807, 2.05) is 29.2 Å². The Labute approximate surface area is 131 Å². The number of carbonyl (C=O) groups is 1. The van der Waals surface area contributed by atoms with E-state index in [0.29, 0.717) is 10.8 Å². The number of rotatable bonds is 3. The molecule has 0 saturated heterocycles. The van der Waals surface area contributed by atoms with Gasteiger partial charge in [0, 0.05) is 22.9 Å². The van der Waals surface area contributed by atoms with Gasteiger partial charge in [-0.3, -0.25) is 4.79 Å². The van der Waals surface area contributed by atoms with Gasteiger partial charge >= 0.3 is 0 Å². The third-order valence-electron chi connectivity index (χ3n) is 3.35. The van der Waals surface area contributed by atoms with Gasteiger partial charge in [0.05, 0.1) is 10.8 Å². The summed E-state index contributed by atoms with van der Waals surface area (Å²) in [6, 6.07) is 9.77. The van der Waals surface area contributed by atoms with Crippen LogP contribution in [0.4, 0.5) is 0 Å². The Morgan fingerprint density at radius 1 is 1.35 bits per heavy atom. The van der Waals surface area contributed by atoms with Crippen LogP contribution in [0.3, 0.4) is 0 Å². The summed E-state index contributed by atoms with van der Waals surface area (Å²) in [6.45, 7) is 1.58. The number of carbonyl (C=O) groups excluding carboxylic acids is 1. The second-order valence-corrected chi connectivity index (χ2v) is 7.08. The Hall–Kier alpha value is -0.970. The third kappa shape index (κ3) is 3.03. The SMILES string of the molecule is O=C(CSc1ccccc1Cl)N1CCc2sccc2C1. The van der Waals surface area contributed by atoms with Gasteiger partial charge in [-0.2, -0.15) is 0 Å². The van der Waals surface area contributed by atoms with Gasteiger partial charge in [-0.1, -0.05) is 23.7 Å². The fourth-order valence-electron chi connectivity index (χ4n) is 2.25. The quantitative estimate of drug-likeness (QED) is 0.793. The standard InChI is InChI=1S/C15H14ClNOS2/c16-12-3-1-2-4-14(12)20-10-15(18)17-7-5-13-11(9-17)6-8-19-13/h1-4,6,8H,5,7,9-10H2. The van der Waals surface area contributed by atoms with Gasteiger partial charge in [0.15, 0.2) is 0 Å². The maximum absolute atomic E-state index is 12.3. The first-order chi connectivity index (χ1) is 9.74. The van der Waals surface area contributed by atoms with Crippen LogP contribution in [0.25, 0.3) is 0 Å². The number of thiophene rings is 1. The summed E-state index contributed by atoms with van der Waals surface area (Å²) < 4.78 is 0. The second-order valence-electron chi connectivity index (χ2n) is 4.65. The molecule has 104 valence electrons. The van der Waals surface area contributed by atoms with E-state index in [4.69, 9.17) is 11.6 Å². The Balaban J connectivity index is 1.59. The fraction of sp³-hybridized carbons (Fsp3) is 0.267. The first kappa shape index (κ1) is 14.0. The molecule has 0 radical (unpaired) electrons. The lowest BCUT2D eigenvalue weighted by molar-refractivity contribution is -0.129. The molecule has 1 aromatic carbocycles. The predicted octanol–water partition coefficient (Wildman–Crippen LogP) is 4.08. The molecule has 0 atom stereocenters. The summed E-state index contributed by atoms with van der Waals surface area (Å²) in [5.74, 6) is 0.634. The fourth-order valence-corrected chi connectivity index (χ4v) is 4.29. The Kier molecular flexibility index (Phi) is 4.34. The van der Waals surface area contributed by atoms with E-state index >= 15 is 0 Å². The summed E-state index contributed by atoms with van der Waals surface area (Å²) in [5.41, 5.74) is 1.30. The van der Waals surface area contributed by atoms with Crippen LogP contribution in [0, 0.1) is 0 Å². The summed E-state index contributed by atoms with van der Waals surface area (Å²) >= 11 is 9.40. The molecule has 2 aromatic rings. The molecule has 2 nitrogen and oxygen atoms in total. The second kappa shape index (κ2) is 6.20. The normalized spacial score (nSPS) is 14.2. The maximum Gasteiger partial charge on any atom is 0.233 e. The average molecular weight is 324 g/mol. The van der Waals surface area contributed by atoms with Crippen molar-refractivity contribution in [2.24, 2.45) is 0 Å². The molecule has 3 rings (SSSR count). The molecular formula is C15H14ClNOS2. The van der Waals surface area contributed by atoms with E-state index in [1.165, 1.54) is 22.2 Å². The van der Waals surface area contributed by atoms with E-state index in [1.54, 1.807) is 11.3 Å². The van der Waals surface area contributed by atoms with Crippen LogP contribution >= 0.6 is 34.7 Å². The number of halogens is 1. The van der Waals surface area contributed by atoms with Crippen LogP contribution in [0.1, 0.15) is 10.4 Å². The van der Waals surface area contributed by atoms with E-state index < -0.39 is 0 Å². The van der Waals surface area contributed by atoms with Crippen LogP contribution in [0.15, 0.2) is 40.6 Å². The van der Waals surface area contributed by atoms with Crippen LogP contribution in [-0.4, -0.2) is 23.1 Å². The number of amides is 1. The molecule has 0 unspecified atom stereocenters. The van der Waals surface area contributed by atoms with Gasteiger partial charge in [0.2, 0.25) is 5.91 Å². The number of benzene rings is 1. The molecule has 1 amide bonds. The highest BCUT2D eigenvalue weighted by atomic mass is 35.5. The maximum atomic E-state index is 12.3. The highest BCUT2D eigenvalue weighted by Crippen LogP contribution is 2.28. The van der Waals surface area contributed by atoms with Crippen molar-refractivity contribution in [2.75, 3.05) is 12.3 Å². The van der Waals surface area contributed by atoms with Crippen molar-refractivity contribution >= 4 is 40.6 Å². The topological polar surface area (TPSA) is 20.3 Å². The van der Waals surface area contributed by atoms with E-state index in [0.717, 1.165) is 24.4 Å². The van der Waals surface area contributed by atoms with E-state index in [2.05, 4.69) is 11.4 Å². The number of hydrogen-bond donors (Lipinski definition) is 0. The Bertz CT molecular complexity index is 626. The molecule has 0 spiro atoms. The van der Waals surface area contributed by atoms with Gasteiger partial charge in [-0.15, -0.1) is 23.1 Å². The molecule has 0 bridgehead atoms. The minimum atomic E-state index is 0.187. The summed E-state index contributed by atoms with van der Waals surface area (Å²) in [6.07, 6.45) is 0.982. The number of hydrogen-bond acceptors (Lipinski definition) is 3. The summed E-state index contributed by atoms with van der Waals surface area (Å²) in [4.78, 5) is 16.6. The van der Waals surface area contributed by atoms with Crippen molar-refractivity contribution in [2.45, 2.75) is 17.9 Å². The molecule has 20 heavy (non-hydrogen) atoms. The first-order valence-corrected chi connectivity index (χ1v) is 8.69. The van der Waals surface area contributed by atoms with E-state index in [-0.39, 0.29) is 5.91 Å². The third-order valence-corrected chi connectivity index (χ3v) is 5.87. The molecular weight excluding hydrogens is 310 g/mol. The molecule has 1 aliphatic heterocycles. The molecule has 5 heteroatoms. The molecule has 0 aliphatic carbocycles. The van der Waals surface area contributed by atoms with Crippen molar-refractivity contribution in [3.63, 3.8) is 0 Å². The van der Waals surface area contributed by atoms with Gasteiger partial charge in [0.25, 0.3) is 0 Å². The monoisotopic (exact) mass is 323 g/mol. The molecule has 0 saturated carbocycles. The van der Waals surface area contributed by atoms with Gasteiger partial charge in [0.1, 0.15) is 0 Å². The lowest BCUT2D eigenvalue weighted by Gasteiger charge is -2.27. The summed E-state index contributed by atoms with van der Waals surface area (Å²) in [7, 11) is 0.